The second-order valence-electron chi connectivity index (χ2n) is 8.13. The summed E-state index contributed by atoms with van der Waals surface area (Å²) in [5.74, 6) is -1.61. The molecule has 1 amide bonds. The third-order valence-corrected chi connectivity index (χ3v) is 6.92. The fourth-order valence-electron chi connectivity index (χ4n) is 4.00. The van der Waals surface area contributed by atoms with Gasteiger partial charge in [0, 0.05) is 42.7 Å². The molecule has 8 heteroatoms. The lowest BCUT2D eigenvalue weighted by Crippen LogP contribution is -2.30. The quantitative estimate of drug-likeness (QED) is 0.582. The number of hydrogen-bond acceptors (Lipinski definition) is 5. The predicted molar refractivity (Wildman–Crippen MR) is 122 cm³/mol. The molecule has 1 aliphatic rings. The Kier molecular flexibility index (Phi) is 6.09. The Morgan fingerprint density at radius 3 is 2.71 bits per heavy atom. The first-order valence-electron chi connectivity index (χ1n) is 10.5. The van der Waals surface area contributed by atoms with Crippen molar-refractivity contribution in [2.24, 2.45) is 0 Å². The van der Waals surface area contributed by atoms with E-state index < -0.39 is 17.6 Å². The SMILES string of the molecule is Cc1ccc2c(N)c(C(=O)NC[C@H](C)c3cc(F)c(N4CCCCC4)cc3F)sc2n1. The second kappa shape index (κ2) is 8.78. The molecule has 3 aromatic rings. The van der Waals surface area contributed by atoms with Crippen molar-refractivity contribution in [1.29, 1.82) is 0 Å². The zero-order valence-electron chi connectivity index (χ0n) is 17.7. The van der Waals surface area contributed by atoms with E-state index >= 15 is 0 Å². The Hall–Kier alpha value is -2.74. The summed E-state index contributed by atoms with van der Waals surface area (Å²) in [6, 6.07) is 6.24. The molecule has 0 bridgehead atoms. The van der Waals surface area contributed by atoms with Gasteiger partial charge in [-0.05, 0) is 49.9 Å². The predicted octanol–water partition coefficient (Wildman–Crippen LogP) is 4.99. The van der Waals surface area contributed by atoms with Crippen LogP contribution in [0.15, 0.2) is 24.3 Å². The van der Waals surface area contributed by atoms with Crippen LogP contribution >= 0.6 is 11.3 Å². The number of carbonyl (C=O) groups excluding carboxylic acids is 1. The van der Waals surface area contributed by atoms with Crippen molar-refractivity contribution in [2.75, 3.05) is 30.3 Å². The first kappa shape index (κ1) is 21.5. The van der Waals surface area contributed by atoms with Crippen molar-refractivity contribution in [3.63, 3.8) is 0 Å². The number of aryl methyl sites for hydroxylation is 1. The average molecular weight is 445 g/mol. The Labute approximate surface area is 184 Å². The largest absolute Gasteiger partial charge is 0.397 e. The van der Waals surface area contributed by atoms with Crippen LogP contribution in [0.25, 0.3) is 10.2 Å². The monoisotopic (exact) mass is 444 g/mol. The standard InChI is InChI=1S/C23H26F2N4OS/c1-13(16-10-18(25)19(11-17(16)24)29-8-4-3-5-9-29)12-27-22(30)21-20(26)15-7-6-14(2)28-23(15)31-21/h6-7,10-11,13H,3-5,8-9,12,26H2,1-2H3,(H,27,30)/t13-/m0/s1. The molecule has 164 valence electrons. The Bertz CT molecular complexity index is 1120. The fraction of sp³-hybridized carbons (Fsp3) is 0.391. The first-order valence-corrected chi connectivity index (χ1v) is 11.3. The van der Waals surface area contributed by atoms with Crippen molar-refractivity contribution < 1.29 is 13.6 Å². The molecule has 1 fully saturated rings. The van der Waals surface area contributed by atoms with E-state index in [9.17, 15) is 13.6 Å². The van der Waals surface area contributed by atoms with Crippen molar-refractivity contribution in [3.05, 3.63) is 52.0 Å². The number of rotatable bonds is 5. The van der Waals surface area contributed by atoms with Crippen LogP contribution in [0.1, 0.15) is 53.0 Å². The summed E-state index contributed by atoms with van der Waals surface area (Å²) in [6.45, 7) is 5.29. The normalized spacial score (nSPS) is 15.3. The summed E-state index contributed by atoms with van der Waals surface area (Å²) in [5, 5.41) is 3.55. The molecule has 1 aromatic carbocycles. The number of amides is 1. The number of anilines is 2. The number of thiophene rings is 1. The van der Waals surface area contributed by atoms with Gasteiger partial charge in [-0.15, -0.1) is 11.3 Å². The molecule has 3 N–H and O–H groups in total. The number of fused-ring (bicyclic) bond motifs is 1. The van der Waals surface area contributed by atoms with Crippen molar-refractivity contribution in [3.8, 4) is 0 Å². The van der Waals surface area contributed by atoms with Gasteiger partial charge in [0.2, 0.25) is 0 Å². The van der Waals surface area contributed by atoms with Crippen LogP contribution in [0.2, 0.25) is 0 Å². The number of nitrogen functional groups attached to an aromatic ring is 1. The lowest BCUT2D eigenvalue weighted by Gasteiger charge is -2.29. The van der Waals surface area contributed by atoms with Crippen LogP contribution in [0.5, 0.6) is 0 Å². The maximum atomic E-state index is 14.8. The van der Waals surface area contributed by atoms with Crippen LogP contribution in [0, 0.1) is 18.6 Å². The Morgan fingerprint density at radius 1 is 1.23 bits per heavy atom. The van der Waals surface area contributed by atoms with Gasteiger partial charge >= 0.3 is 0 Å². The summed E-state index contributed by atoms with van der Waals surface area (Å²) >= 11 is 1.23. The summed E-state index contributed by atoms with van der Waals surface area (Å²) in [5.41, 5.74) is 7.94. The molecule has 0 spiro atoms. The van der Waals surface area contributed by atoms with Gasteiger partial charge in [-0.3, -0.25) is 4.79 Å². The van der Waals surface area contributed by atoms with Crippen molar-refractivity contribution >= 4 is 38.8 Å². The number of benzene rings is 1. The van der Waals surface area contributed by atoms with E-state index in [4.69, 9.17) is 5.73 Å². The number of nitrogens with zero attached hydrogens (tertiary/aromatic N) is 2. The van der Waals surface area contributed by atoms with Crippen LogP contribution < -0.4 is 16.0 Å². The molecule has 2 aromatic heterocycles. The molecule has 1 atom stereocenters. The zero-order chi connectivity index (χ0) is 22.1. The topological polar surface area (TPSA) is 71.2 Å². The smallest absolute Gasteiger partial charge is 0.263 e. The van der Waals surface area contributed by atoms with Crippen LogP contribution in [-0.4, -0.2) is 30.5 Å². The number of piperidine rings is 1. The first-order chi connectivity index (χ1) is 14.8. The Balaban J connectivity index is 1.47. The van der Waals surface area contributed by atoms with Crippen molar-refractivity contribution in [1.82, 2.24) is 10.3 Å². The van der Waals surface area contributed by atoms with E-state index in [0.717, 1.165) is 43.4 Å². The molecule has 0 saturated carbocycles. The van der Waals surface area contributed by atoms with Gasteiger partial charge in [0.1, 0.15) is 21.3 Å². The minimum absolute atomic E-state index is 0.165. The average Bonchev–Trinajstić information content (AvgIpc) is 3.09. The van der Waals surface area contributed by atoms with Gasteiger partial charge in [-0.1, -0.05) is 6.92 Å². The number of hydrogen-bond donors (Lipinski definition) is 2. The molecule has 3 heterocycles. The van der Waals surface area contributed by atoms with E-state index in [1.807, 2.05) is 24.0 Å². The van der Waals surface area contributed by atoms with E-state index in [-0.39, 0.29) is 18.0 Å². The molecule has 0 radical (unpaired) electrons. The fourth-order valence-corrected chi connectivity index (χ4v) is 5.06. The zero-order valence-corrected chi connectivity index (χ0v) is 18.5. The van der Waals surface area contributed by atoms with E-state index in [1.54, 1.807) is 6.92 Å². The highest BCUT2D eigenvalue weighted by atomic mass is 32.1. The van der Waals surface area contributed by atoms with Gasteiger partial charge in [0.15, 0.2) is 0 Å². The van der Waals surface area contributed by atoms with Crippen LogP contribution in [-0.2, 0) is 0 Å². The molecule has 1 aliphatic heterocycles. The molecule has 0 unspecified atom stereocenters. The highest BCUT2D eigenvalue weighted by Crippen LogP contribution is 2.33. The lowest BCUT2D eigenvalue weighted by molar-refractivity contribution is 0.0956. The van der Waals surface area contributed by atoms with Gasteiger partial charge in [0.25, 0.3) is 5.91 Å². The summed E-state index contributed by atoms with van der Waals surface area (Å²) in [6.07, 6.45) is 3.10. The van der Waals surface area contributed by atoms with E-state index in [1.165, 1.54) is 23.5 Å². The second-order valence-corrected chi connectivity index (χ2v) is 9.13. The number of carbonyl (C=O) groups is 1. The maximum absolute atomic E-state index is 14.8. The Morgan fingerprint density at radius 2 is 1.97 bits per heavy atom. The molecule has 0 aliphatic carbocycles. The summed E-state index contributed by atoms with van der Waals surface area (Å²) in [7, 11) is 0. The van der Waals surface area contributed by atoms with Gasteiger partial charge < -0.3 is 16.0 Å². The van der Waals surface area contributed by atoms with Crippen LogP contribution in [0.3, 0.4) is 0 Å². The summed E-state index contributed by atoms with van der Waals surface area (Å²) < 4.78 is 29.5. The van der Waals surface area contributed by atoms with E-state index in [0.29, 0.717) is 21.1 Å². The number of aromatic nitrogens is 1. The number of nitrogens with two attached hydrogens (primary N) is 1. The number of halogens is 2. The lowest BCUT2D eigenvalue weighted by atomic mass is 9.99. The molecule has 1 saturated heterocycles. The third kappa shape index (κ3) is 4.35. The number of nitrogens with one attached hydrogen (secondary N) is 1. The minimum Gasteiger partial charge on any atom is -0.397 e. The molecular formula is C23H26F2N4OS. The van der Waals surface area contributed by atoms with Gasteiger partial charge in [-0.2, -0.15) is 0 Å². The molecular weight excluding hydrogens is 418 g/mol. The van der Waals surface area contributed by atoms with Crippen LogP contribution in [0.4, 0.5) is 20.2 Å². The minimum atomic E-state index is -0.454. The summed E-state index contributed by atoms with van der Waals surface area (Å²) in [4.78, 5) is 20.1. The molecule has 31 heavy (non-hydrogen) atoms. The maximum Gasteiger partial charge on any atom is 0.263 e. The highest BCUT2D eigenvalue weighted by Gasteiger charge is 2.22. The number of pyridine rings is 1. The molecule has 5 nitrogen and oxygen atoms in total. The van der Waals surface area contributed by atoms with Crippen molar-refractivity contribution in [2.45, 2.75) is 39.0 Å². The van der Waals surface area contributed by atoms with E-state index in [2.05, 4.69) is 10.3 Å². The highest BCUT2D eigenvalue weighted by molar-refractivity contribution is 7.21. The van der Waals surface area contributed by atoms with Gasteiger partial charge in [-0.25, -0.2) is 13.8 Å². The van der Waals surface area contributed by atoms with Gasteiger partial charge in [0.05, 0.1) is 11.4 Å². The third-order valence-electron chi connectivity index (χ3n) is 5.80. The molecule has 4 rings (SSSR count).